The normalized spacial score (nSPS) is 9.75. The molecule has 0 fully saturated rings. The fourth-order valence-corrected chi connectivity index (χ4v) is 1.70. The van der Waals surface area contributed by atoms with Crippen LogP contribution in [0.25, 0.3) is 0 Å². The van der Waals surface area contributed by atoms with Crippen LogP contribution in [0.2, 0.25) is 5.02 Å². The number of aromatic nitrogens is 1. The van der Waals surface area contributed by atoms with E-state index in [1.54, 1.807) is 31.2 Å². The molecule has 0 unspecified atom stereocenters. The van der Waals surface area contributed by atoms with Crippen molar-refractivity contribution >= 4 is 23.2 Å². The van der Waals surface area contributed by atoms with Gasteiger partial charge < -0.3 is 15.6 Å². The highest BCUT2D eigenvalue weighted by Gasteiger charge is 2.13. The van der Waals surface area contributed by atoms with Crippen LogP contribution in [0.1, 0.15) is 21.8 Å². The molecule has 0 aliphatic rings. The first-order valence-corrected chi connectivity index (χ1v) is 6.21. The Bertz CT molecular complexity index is 698. The Balaban J connectivity index is 2.28. The highest BCUT2D eigenvalue weighted by molar-refractivity contribution is 6.31. The Morgan fingerprint density at radius 1 is 1.50 bits per heavy atom. The Hall–Kier alpha value is -2.29. The van der Waals surface area contributed by atoms with Gasteiger partial charge in [-0.1, -0.05) is 28.6 Å². The number of carbonyl (C=O) groups is 1. The van der Waals surface area contributed by atoms with E-state index >= 15 is 0 Å². The largest absolute Gasteiger partial charge is 0.351 e. The van der Waals surface area contributed by atoms with Gasteiger partial charge in [0.1, 0.15) is 0 Å². The summed E-state index contributed by atoms with van der Waals surface area (Å²) >= 11 is 5.92. The van der Waals surface area contributed by atoms with E-state index in [-0.39, 0.29) is 12.3 Å². The molecule has 0 saturated heterocycles. The van der Waals surface area contributed by atoms with Crippen LogP contribution in [0.4, 0.5) is 5.69 Å². The number of nitrogens with one attached hydrogen (secondary N) is 1. The van der Waals surface area contributed by atoms with Crippen molar-refractivity contribution in [3.05, 3.63) is 46.3 Å². The third kappa shape index (κ3) is 3.38. The number of amides is 1. The van der Waals surface area contributed by atoms with Crippen molar-refractivity contribution in [1.82, 2.24) is 5.16 Å². The molecule has 1 aromatic carbocycles. The maximum atomic E-state index is 12.0. The molecule has 6 heteroatoms. The van der Waals surface area contributed by atoms with Gasteiger partial charge in [-0.2, -0.15) is 0 Å². The average molecular weight is 290 g/mol. The number of carbonyl (C=O) groups excluding carboxylic acids is 1. The zero-order valence-corrected chi connectivity index (χ0v) is 11.5. The second-order valence-corrected chi connectivity index (χ2v) is 4.42. The third-order valence-electron chi connectivity index (χ3n) is 2.41. The highest BCUT2D eigenvalue weighted by atomic mass is 35.5. The minimum atomic E-state index is -0.413. The molecule has 20 heavy (non-hydrogen) atoms. The SMILES string of the molecule is Cc1cc(C(=O)Nc2cc(Cl)ccc2C#CCN)on1. The number of aryl methyl sites for hydroxylation is 1. The number of halogens is 1. The molecule has 0 spiro atoms. The molecule has 5 nitrogen and oxygen atoms in total. The molecule has 0 atom stereocenters. The van der Waals surface area contributed by atoms with Crippen LogP contribution in [0.15, 0.2) is 28.8 Å². The topological polar surface area (TPSA) is 81.2 Å². The van der Waals surface area contributed by atoms with Gasteiger partial charge in [-0.05, 0) is 25.1 Å². The summed E-state index contributed by atoms with van der Waals surface area (Å²) in [6, 6.07) is 6.57. The summed E-state index contributed by atoms with van der Waals surface area (Å²) < 4.78 is 4.90. The summed E-state index contributed by atoms with van der Waals surface area (Å²) in [7, 11) is 0. The van der Waals surface area contributed by atoms with Crippen molar-refractivity contribution in [1.29, 1.82) is 0 Å². The van der Waals surface area contributed by atoms with E-state index < -0.39 is 5.91 Å². The second kappa shape index (κ2) is 6.24. The van der Waals surface area contributed by atoms with Crippen LogP contribution in [-0.4, -0.2) is 17.6 Å². The number of nitrogens with two attached hydrogens (primary N) is 1. The summed E-state index contributed by atoms with van der Waals surface area (Å²) in [5, 5.41) is 6.84. The van der Waals surface area contributed by atoms with E-state index in [4.69, 9.17) is 21.9 Å². The lowest BCUT2D eigenvalue weighted by Crippen LogP contribution is -2.12. The van der Waals surface area contributed by atoms with Gasteiger partial charge >= 0.3 is 0 Å². The zero-order valence-electron chi connectivity index (χ0n) is 10.7. The predicted molar refractivity (Wildman–Crippen MR) is 76.6 cm³/mol. The Kier molecular flexibility index (Phi) is 4.41. The number of hydrogen-bond acceptors (Lipinski definition) is 4. The van der Waals surface area contributed by atoms with Crippen LogP contribution in [0.3, 0.4) is 0 Å². The Morgan fingerprint density at radius 2 is 2.30 bits per heavy atom. The molecule has 0 aliphatic heterocycles. The summed E-state index contributed by atoms with van der Waals surface area (Å²) in [5.41, 5.74) is 7.10. The van der Waals surface area contributed by atoms with Crippen molar-refractivity contribution in [3.8, 4) is 11.8 Å². The fourth-order valence-electron chi connectivity index (χ4n) is 1.53. The third-order valence-corrected chi connectivity index (χ3v) is 2.64. The fraction of sp³-hybridized carbons (Fsp3) is 0.143. The molecule has 2 rings (SSSR count). The van der Waals surface area contributed by atoms with Gasteiger partial charge in [0.2, 0.25) is 5.76 Å². The van der Waals surface area contributed by atoms with Gasteiger partial charge in [-0.15, -0.1) is 0 Å². The molecule has 1 heterocycles. The number of rotatable bonds is 2. The van der Waals surface area contributed by atoms with Crippen LogP contribution in [0.5, 0.6) is 0 Å². The van der Waals surface area contributed by atoms with Gasteiger partial charge in [-0.25, -0.2) is 0 Å². The van der Waals surface area contributed by atoms with Gasteiger partial charge in [0, 0.05) is 16.7 Å². The molecular weight excluding hydrogens is 278 g/mol. The number of benzene rings is 1. The number of hydrogen-bond donors (Lipinski definition) is 2. The lowest BCUT2D eigenvalue weighted by atomic mass is 10.1. The monoisotopic (exact) mass is 289 g/mol. The van der Waals surface area contributed by atoms with Gasteiger partial charge in [0.05, 0.1) is 17.9 Å². The molecule has 2 aromatic rings. The summed E-state index contributed by atoms with van der Waals surface area (Å²) in [6.07, 6.45) is 0. The van der Waals surface area contributed by atoms with Crippen molar-refractivity contribution < 1.29 is 9.32 Å². The van der Waals surface area contributed by atoms with E-state index in [1.807, 2.05) is 0 Å². The highest BCUT2D eigenvalue weighted by Crippen LogP contribution is 2.21. The van der Waals surface area contributed by atoms with E-state index in [0.717, 1.165) is 0 Å². The van der Waals surface area contributed by atoms with Crippen LogP contribution in [-0.2, 0) is 0 Å². The Morgan fingerprint density at radius 3 is 2.95 bits per heavy atom. The quantitative estimate of drug-likeness (QED) is 0.831. The molecule has 0 radical (unpaired) electrons. The molecule has 0 saturated carbocycles. The maximum Gasteiger partial charge on any atom is 0.294 e. The summed E-state index contributed by atoms with van der Waals surface area (Å²) in [5.74, 6) is 5.31. The minimum absolute atomic E-state index is 0.125. The summed E-state index contributed by atoms with van der Waals surface area (Å²) in [6.45, 7) is 1.97. The number of nitrogens with zero attached hydrogens (tertiary/aromatic N) is 1. The minimum Gasteiger partial charge on any atom is -0.351 e. The zero-order chi connectivity index (χ0) is 14.5. The Labute approximate surface area is 121 Å². The van der Waals surface area contributed by atoms with E-state index in [0.29, 0.717) is 22.0 Å². The van der Waals surface area contributed by atoms with E-state index in [1.165, 1.54) is 0 Å². The average Bonchev–Trinajstić information content (AvgIpc) is 2.85. The first-order valence-electron chi connectivity index (χ1n) is 5.83. The van der Waals surface area contributed by atoms with Crippen LogP contribution >= 0.6 is 11.6 Å². The van der Waals surface area contributed by atoms with Gasteiger partial charge in [-0.3, -0.25) is 4.79 Å². The van der Waals surface area contributed by atoms with Crippen LogP contribution in [0, 0.1) is 18.8 Å². The van der Waals surface area contributed by atoms with Gasteiger partial charge in [0.25, 0.3) is 5.91 Å². The lowest BCUT2D eigenvalue weighted by Gasteiger charge is -2.06. The molecule has 102 valence electrons. The molecule has 1 aromatic heterocycles. The van der Waals surface area contributed by atoms with Crippen molar-refractivity contribution in [3.63, 3.8) is 0 Å². The standard InChI is InChI=1S/C14H12ClN3O2/c1-9-7-13(20-18-9)14(19)17-12-8-11(15)5-4-10(12)3-2-6-16/h4-5,7-8H,6,16H2,1H3,(H,17,19). The molecule has 3 N–H and O–H groups in total. The van der Waals surface area contributed by atoms with Crippen molar-refractivity contribution in [2.75, 3.05) is 11.9 Å². The molecular formula is C14H12ClN3O2. The predicted octanol–water partition coefficient (Wildman–Crippen LogP) is 2.20. The summed E-state index contributed by atoms with van der Waals surface area (Å²) in [4.78, 5) is 12.0. The second-order valence-electron chi connectivity index (χ2n) is 3.98. The number of anilines is 1. The molecule has 0 bridgehead atoms. The molecule has 1 amide bonds. The van der Waals surface area contributed by atoms with Gasteiger partial charge in [0.15, 0.2) is 0 Å². The first kappa shape index (κ1) is 14.1. The smallest absolute Gasteiger partial charge is 0.294 e. The lowest BCUT2D eigenvalue weighted by molar-refractivity contribution is 0.0988. The van der Waals surface area contributed by atoms with E-state index in [2.05, 4.69) is 22.3 Å². The van der Waals surface area contributed by atoms with Crippen molar-refractivity contribution in [2.45, 2.75) is 6.92 Å². The maximum absolute atomic E-state index is 12.0. The molecule has 0 aliphatic carbocycles. The van der Waals surface area contributed by atoms with Crippen LogP contribution < -0.4 is 11.1 Å². The first-order chi connectivity index (χ1) is 9.60. The van der Waals surface area contributed by atoms with E-state index in [9.17, 15) is 4.79 Å². The van der Waals surface area contributed by atoms with Crippen molar-refractivity contribution in [2.24, 2.45) is 5.73 Å².